The average Bonchev–Trinajstić information content (AvgIpc) is 2.77. The Labute approximate surface area is 114 Å². The SMILES string of the molecule is FC(F)(F)c1cnn(-c2cccc(Cl)c2CBr)c1. The van der Waals surface area contributed by atoms with Crippen LogP contribution in [0, 0.1) is 0 Å². The molecule has 0 radical (unpaired) electrons. The van der Waals surface area contributed by atoms with Crippen LogP contribution in [0.4, 0.5) is 13.2 Å². The summed E-state index contributed by atoms with van der Waals surface area (Å²) in [6.07, 6.45) is -2.66. The maximum atomic E-state index is 12.5. The zero-order valence-corrected chi connectivity index (χ0v) is 11.2. The summed E-state index contributed by atoms with van der Waals surface area (Å²) < 4.78 is 38.6. The molecule has 0 aliphatic heterocycles. The van der Waals surface area contributed by atoms with E-state index in [4.69, 9.17) is 11.6 Å². The van der Waals surface area contributed by atoms with Crippen molar-refractivity contribution in [1.29, 1.82) is 0 Å². The third-order valence-corrected chi connectivity index (χ3v) is 3.30. The van der Waals surface area contributed by atoms with Crippen LogP contribution in [0.15, 0.2) is 30.6 Å². The molecule has 0 bridgehead atoms. The van der Waals surface area contributed by atoms with Gasteiger partial charge in [0.15, 0.2) is 0 Å². The van der Waals surface area contributed by atoms with Gasteiger partial charge in [0.2, 0.25) is 0 Å². The second kappa shape index (κ2) is 4.93. The smallest absolute Gasteiger partial charge is 0.240 e. The molecule has 0 saturated heterocycles. The third-order valence-electron chi connectivity index (χ3n) is 2.38. The molecule has 7 heteroatoms. The van der Waals surface area contributed by atoms with Gasteiger partial charge in [-0.05, 0) is 12.1 Å². The van der Waals surface area contributed by atoms with Gasteiger partial charge in [-0.3, -0.25) is 0 Å². The third kappa shape index (κ3) is 2.54. The van der Waals surface area contributed by atoms with E-state index in [1.165, 1.54) is 4.68 Å². The van der Waals surface area contributed by atoms with Crippen molar-refractivity contribution in [2.24, 2.45) is 0 Å². The molecule has 0 N–H and O–H groups in total. The van der Waals surface area contributed by atoms with Gasteiger partial charge in [0.25, 0.3) is 0 Å². The minimum absolute atomic E-state index is 0.434. The number of alkyl halides is 4. The van der Waals surface area contributed by atoms with E-state index >= 15 is 0 Å². The summed E-state index contributed by atoms with van der Waals surface area (Å²) >= 11 is 9.24. The Morgan fingerprint density at radius 1 is 1.33 bits per heavy atom. The molecule has 0 unspecified atom stereocenters. The molecule has 96 valence electrons. The summed E-state index contributed by atoms with van der Waals surface area (Å²) in [5.74, 6) is 0. The predicted molar refractivity (Wildman–Crippen MR) is 66.2 cm³/mol. The Balaban J connectivity index is 2.50. The van der Waals surface area contributed by atoms with Gasteiger partial charge >= 0.3 is 6.18 Å². The standard InChI is InChI=1S/C11H7BrClF3N2/c12-4-8-9(13)2-1-3-10(8)18-6-7(5-17-18)11(14,15)16/h1-3,5-6H,4H2. The van der Waals surface area contributed by atoms with E-state index in [1.807, 2.05) is 0 Å². The maximum absolute atomic E-state index is 12.5. The lowest BCUT2D eigenvalue weighted by Crippen LogP contribution is -2.03. The number of aromatic nitrogens is 2. The van der Waals surface area contributed by atoms with Crippen molar-refractivity contribution in [3.05, 3.63) is 46.7 Å². The highest BCUT2D eigenvalue weighted by Crippen LogP contribution is 2.31. The Bertz CT molecular complexity index is 566. The first-order valence-electron chi connectivity index (χ1n) is 4.89. The lowest BCUT2D eigenvalue weighted by molar-refractivity contribution is -0.137. The maximum Gasteiger partial charge on any atom is 0.419 e. The van der Waals surface area contributed by atoms with Gasteiger partial charge in [0.1, 0.15) is 0 Å². The first-order valence-corrected chi connectivity index (χ1v) is 6.39. The van der Waals surface area contributed by atoms with Crippen molar-refractivity contribution in [1.82, 2.24) is 9.78 Å². The van der Waals surface area contributed by atoms with Crippen molar-refractivity contribution >= 4 is 27.5 Å². The summed E-state index contributed by atoms with van der Waals surface area (Å²) in [4.78, 5) is 0. The molecule has 0 amide bonds. The molecular weight excluding hydrogens is 332 g/mol. The van der Waals surface area contributed by atoms with Crippen molar-refractivity contribution in [3.8, 4) is 5.69 Å². The Kier molecular flexibility index (Phi) is 3.68. The summed E-state index contributed by atoms with van der Waals surface area (Å²) in [5.41, 5.74) is 0.425. The highest BCUT2D eigenvalue weighted by atomic mass is 79.9. The topological polar surface area (TPSA) is 17.8 Å². The molecular formula is C11H7BrClF3N2. The molecule has 0 aliphatic rings. The Morgan fingerprint density at radius 2 is 2.06 bits per heavy atom. The van der Waals surface area contributed by atoms with Gasteiger partial charge in [-0.25, -0.2) is 4.68 Å². The van der Waals surface area contributed by atoms with Gasteiger partial charge in [-0.15, -0.1) is 0 Å². The molecule has 2 rings (SSSR count). The van der Waals surface area contributed by atoms with E-state index in [1.54, 1.807) is 18.2 Å². The van der Waals surface area contributed by atoms with Gasteiger partial charge < -0.3 is 0 Å². The monoisotopic (exact) mass is 338 g/mol. The van der Waals surface area contributed by atoms with Crippen LogP contribution in [-0.2, 0) is 11.5 Å². The molecule has 2 aromatic rings. The molecule has 0 aliphatic carbocycles. The van der Waals surface area contributed by atoms with Crippen LogP contribution in [0.25, 0.3) is 5.69 Å². The molecule has 1 aromatic heterocycles. The number of hydrogen-bond acceptors (Lipinski definition) is 1. The Hall–Kier alpha value is -1.01. The average molecular weight is 340 g/mol. The van der Waals surface area contributed by atoms with Gasteiger partial charge in [-0.1, -0.05) is 33.6 Å². The van der Waals surface area contributed by atoms with Crippen molar-refractivity contribution in [2.45, 2.75) is 11.5 Å². The number of benzene rings is 1. The zero-order valence-electron chi connectivity index (χ0n) is 8.88. The number of halogens is 5. The number of hydrogen-bond donors (Lipinski definition) is 0. The summed E-state index contributed by atoms with van der Waals surface area (Å²) in [6, 6.07) is 5.00. The second-order valence-electron chi connectivity index (χ2n) is 3.54. The summed E-state index contributed by atoms with van der Waals surface area (Å²) in [7, 11) is 0. The van der Waals surface area contributed by atoms with Crippen LogP contribution in [0.5, 0.6) is 0 Å². The highest BCUT2D eigenvalue weighted by molar-refractivity contribution is 9.08. The molecule has 2 nitrogen and oxygen atoms in total. The Morgan fingerprint density at radius 3 is 2.61 bits per heavy atom. The van der Waals surface area contributed by atoms with Crippen LogP contribution < -0.4 is 0 Å². The van der Waals surface area contributed by atoms with Gasteiger partial charge in [-0.2, -0.15) is 18.3 Å². The van der Waals surface area contributed by atoms with Crippen LogP contribution in [-0.4, -0.2) is 9.78 Å². The van der Waals surface area contributed by atoms with E-state index in [0.29, 0.717) is 21.6 Å². The number of rotatable bonds is 2. The minimum Gasteiger partial charge on any atom is -0.240 e. The molecule has 0 spiro atoms. The van der Waals surface area contributed by atoms with E-state index in [0.717, 1.165) is 12.4 Å². The van der Waals surface area contributed by atoms with Gasteiger partial charge in [0.05, 0.1) is 17.4 Å². The van der Waals surface area contributed by atoms with Crippen molar-refractivity contribution < 1.29 is 13.2 Å². The quantitative estimate of drug-likeness (QED) is 0.740. The van der Waals surface area contributed by atoms with Crippen LogP contribution in [0.3, 0.4) is 0 Å². The normalized spacial score (nSPS) is 11.8. The summed E-state index contributed by atoms with van der Waals surface area (Å²) in [6.45, 7) is 0. The fraction of sp³-hybridized carbons (Fsp3) is 0.182. The lowest BCUT2D eigenvalue weighted by atomic mass is 10.2. The molecule has 1 heterocycles. The summed E-state index contributed by atoms with van der Waals surface area (Å²) in [5, 5.41) is 4.63. The second-order valence-corrected chi connectivity index (χ2v) is 4.51. The fourth-order valence-electron chi connectivity index (χ4n) is 1.50. The first kappa shape index (κ1) is 13.4. The molecule has 18 heavy (non-hydrogen) atoms. The van der Waals surface area contributed by atoms with Crippen LogP contribution in [0.2, 0.25) is 5.02 Å². The van der Waals surface area contributed by atoms with Crippen molar-refractivity contribution in [3.63, 3.8) is 0 Å². The predicted octanol–water partition coefficient (Wildman–Crippen LogP) is 4.44. The first-order chi connectivity index (χ1) is 8.43. The molecule has 0 atom stereocenters. The molecule has 0 saturated carbocycles. The number of nitrogens with zero attached hydrogens (tertiary/aromatic N) is 2. The molecule has 0 fully saturated rings. The van der Waals surface area contributed by atoms with E-state index < -0.39 is 11.7 Å². The van der Waals surface area contributed by atoms with Gasteiger partial charge in [0, 0.05) is 22.1 Å². The van der Waals surface area contributed by atoms with E-state index in [2.05, 4.69) is 21.0 Å². The largest absolute Gasteiger partial charge is 0.419 e. The lowest BCUT2D eigenvalue weighted by Gasteiger charge is -2.08. The fourth-order valence-corrected chi connectivity index (χ4v) is 2.48. The zero-order chi connectivity index (χ0) is 13.3. The minimum atomic E-state index is -4.40. The van der Waals surface area contributed by atoms with Crippen molar-refractivity contribution in [2.75, 3.05) is 0 Å². The van der Waals surface area contributed by atoms with Crippen LogP contribution in [0.1, 0.15) is 11.1 Å². The van der Waals surface area contributed by atoms with E-state index in [-0.39, 0.29) is 0 Å². The molecule has 1 aromatic carbocycles. The van der Waals surface area contributed by atoms with Crippen LogP contribution >= 0.6 is 27.5 Å². The van der Waals surface area contributed by atoms with E-state index in [9.17, 15) is 13.2 Å². The highest BCUT2D eigenvalue weighted by Gasteiger charge is 2.32.